The Morgan fingerprint density at radius 1 is 1.25 bits per heavy atom. The van der Waals surface area contributed by atoms with Gasteiger partial charge in [0.25, 0.3) is 11.4 Å². The minimum atomic E-state index is 0.00684. The zero-order valence-corrected chi connectivity index (χ0v) is 15.1. The van der Waals surface area contributed by atoms with Gasteiger partial charge in [-0.15, -0.1) is 22.7 Å². The number of nitrogens with zero attached hydrogens (tertiary/aromatic N) is 4. The lowest BCUT2D eigenvalue weighted by Crippen LogP contribution is -2.21. The molecule has 0 saturated carbocycles. The second-order valence-electron chi connectivity index (χ2n) is 4.86. The van der Waals surface area contributed by atoms with Crippen molar-refractivity contribution in [3.63, 3.8) is 0 Å². The summed E-state index contributed by atoms with van der Waals surface area (Å²) in [5.74, 6) is 1.61. The molecule has 0 saturated heterocycles. The van der Waals surface area contributed by atoms with Crippen LogP contribution in [0.15, 0.2) is 43.4 Å². The molecule has 0 aliphatic carbocycles. The second-order valence-corrected chi connectivity index (χ2v) is 7.67. The van der Waals surface area contributed by atoms with Crippen LogP contribution in [-0.2, 0) is 12.3 Å². The van der Waals surface area contributed by atoms with E-state index in [9.17, 15) is 4.79 Å². The molecule has 0 aliphatic heterocycles. The highest BCUT2D eigenvalue weighted by atomic mass is 32.2. The number of fused-ring (bicyclic) bond motifs is 1. The molecule has 6 nitrogen and oxygen atoms in total. The van der Waals surface area contributed by atoms with E-state index in [1.807, 2.05) is 35.9 Å². The van der Waals surface area contributed by atoms with Gasteiger partial charge in [-0.1, -0.05) is 23.0 Å². The summed E-state index contributed by atoms with van der Waals surface area (Å²) >= 11 is 4.42. The van der Waals surface area contributed by atoms with E-state index in [-0.39, 0.29) is 5.56 Å². The molecule has 0 atom stereocenters. The summed E-state index contributed by atoms with van der Waals surface area (Å²) in [6.45, 7) is 2.52. The quantitative estimate of drug-likeness (QED) is 0.389. The first-order chi connectivity index (χ1) is 11.8. The first kappa shape index (κ1) is 15.6. The molecule has 0 N–H and O–H groups in total. The van der Waals surface area contributed by atoms with E-state index in [1.165, 1.54) is 23.1 Å². The molecule has 0 aliphatic rings. The van der Waals surface area contributed by atoms with Crippen molar-refractivity contribution in [1.82, 2.24) is 19.7 Å². The summed E-state index contributed by atoms with van der Waals surface area (Å²) in [4.78, 5) is 22.4. The lowest BCUT2D eigenvalue weighted by molar-refractivity contribution is 0.426. The van der Waals surface area contributed by atoms with Gasteiger partial charge in [0.1, 0.15) is 4.70 Å². The summed E-state index contributed by atoms with van der Waals surface area (Å²) in [7, 11) is 0. The molecule has 9 heteroatoms. The molecule has 4 aromatic rings. The SMILES string of the molecule is CCn1c(SCc2noc(-c3cccs3)n2)nc2ccsc2c1=O. The monoisotopic (exact) mass is 376 g/mol. The normalized spacial score (nSPS) is 11.4. The Hall–Kier alpha value is -1.97. The molecule has 0 spiro atoms. The molecule has 4 aromatic heterocycles. The van der Waals surface area contributed by atoms with Crippen molar-refractivity contribution in [3.05, 3.63) is 45.1 Å². The molecule has 4 rings (SSSR count). The van der Waals surface area contributed by atoms with Crippen LogP contribution >= 0.6 is 34.4 Å². The van der Waals surface area contributed by atoms with Gasteiger partial charge in [0.05, 0.1) is 16.1 Å². The smallest absolute Gasteiger partial charge is 0.272 e. The van der Waals surface area contributed by atoms with E-state index in [4.69, 9.17) is 4.52 Å². The van der Waals surface area contributed by atoms with Gasteiger partial charge in [-0.3, -0.25) is 9.36 Å². The van der Waals surface area contributed by atoms with Crippen LogP contribution in [-0.4, -0.2) is 19.7 Å². The fraction of sp³-hybridized carbons (Fsp3) is 0.200. The van der Waals surface area contributed by atoms with Crippen molar-refractivity contribution in [2.24, 2.45) is 0 Å². The predicted molar refractivity (Wildman–Crippen MR) is 96.7 cm³/mol. The summed E-state index contributed by atoms with van der Waals surface area (Å²) in [5.41, 5.74) is 0.747. The molecule has 24 heavy (non-hydrogen) atoms. The van der Waals surface area contributed by atoms with Gasteiger partial charge >= 0.3 is 0 Å². The van der Waals surface area contributed by atoms with Crippen LogP contribution in [0.25, 0.3) is 21.0 Å². The van der Waals surface area contributed by atoms with Crippen LogP contribution in [0.1, 0.15) is 12.7 Å². The van der Waals surface area contributed by atoms with Crippen LogP contribution in [0.4, 0.5) is 0 Å². The predicted octanol–water partition coefficient (Wildman–Crippen LogP) is 3.88. The molecule has 0 fully saturated rings. The van der Waals surface area contributed by atoms with Gasteiger partial charge in [0.2, 0.25) is 0 Å². The Bertz CT molecular complexity index is 1030. The molecule has 0 aromatic carbocycles. The topological polar surface area (TPSA) is 73.8 Å². The molecule has 122 valence electrons. The van der Waals surface area contributed by atoms with E-state index >= 15 is 0 Å². The fourth-order valence-electron chi connectivity index (χ4n) is 2.25. The molecule has 0 amide bonds. The van der Waals surface area contributed by atoms with Crippen molar-refractivity contribution in [3.8, 4) is 10.8 Å². The summed E-state index contributed by atoms with van der Waals surface area (Å²) < 4.78 is 7.66. The number of thioether (sulfide) groups is 1. The van der Waals surface area contributed by atoms with Crippen molar-refractivity contribution >= 4 is 44.7 Å². The van der Waals surface area contributed by atoms with Gasteiger partial charge in [0, 0.05) is 6.54 Å². The molecule has 0 bridgehead atoms. The van der Waals surface area contributed by atoms with Gasteiger partial charge in [-0.25, -0.2) is 4.98 Å². The maximum absolute atomic E-state index is 12.5. The van der Waals surface area contributed by atoms with Gasteiger partial charge < -0.3 is 4.52 Å². The summed E-state index contributed by atoms with van der Waals surface area (Å²) in [6.07, 6.45) is 0. The highest BCUT2D eigenvalue weighted by molar-refractivity contribution is 7.98. The maximum Gasteiger partial charge on any atom is 0.272 e. The zero-order valence-electron chi connectivity index (χ0n) is 12.6. The first-order valence-corrected chi connectivity index (χ1v) is 9.98. The average Bonchev–Trinajstić information content (AvgIpc) is 3.32. The Morgan fingerprint density at radius 3 is 2.96 bits per heavy atom. The number of thiophene rings is 2. The lowest BCUT2D eigenvalue weighted by atomic mass is 10.5. The fourth-order valence-corrected chi connectivity index (χ4v) is 4.58. The number of hydrogen-bond donors (Lipinski definition) is 0. The molecule has 0 radical (unpaired) electrons. The molecule has 4 heterocycles. The van der Waals surface area contributed by atoms with Crippen LogP contribution in [0.5, 0.6) is 0 Å². The van der Waals surface area contributed by atoms with Crippen molar-refractivity contribution < 1.29 is 4.52 Å². The van der Waals surface area contributed by atoms with E-state index in [0.717, 1.165) is 10.4 Å². The standard InChI is InChI=1S/C15H12N4O2S3/c1-2-19-14(20)12-9(5-7-23-12)16-15(19)24-8-11-17-13(21-18-11)10-4-3-6-22-10/h3-7H,2,8H2,1H3. The van der Waals surface area contributed by atoms with Crippen LogP contribution in [0.2, 0.25) is 0 Å². The second kappa shape index (κ2) is 6.50. The first-order valence-electron chi connectivity index (χ1n) is 7.23. The highest BCUT2D eigenvalue weighted by Crippen LogP contribution is 2.26. The van der Waals surface area contributed by atoms with Gasteiger partial charge in [-0.05, 0) is 29.8 Å². The Labute approximate surface area is 149 Å². The van der Waals surface area contributed by atoms with Crippen LogP contribution < -0.4 is 5.56 Å². The molecular weight excluding hydrogens is 364 g/mol. The largest absolute Gasteiger partial charge is 0.333 e. The van der Waals surface area contributed by atoms with Crippen molar-refractivity contribution in [1.29, 1.82) is 0 Å². The zero-order chi connectivity index (χ0) is 16.5. The highest BCUT2D eigenvalue weighted by Gasteiger charge is 2.14. The Kier molecular flexibility index (Phi) is 4.21. The van der Waals surface area contributed by atoms with E-state index in [2.05, 4.69) is 15.1 Å². The minimum Gasteiger partial charge on any atom is -0.333 e. The third-order valence-electron chi connectivity index (χ3n) is 3.38. The summed E-state index contributed by atoms with van der Waals surface area (Å²) in [5, 5.41) is 8.54. The van der Waals surface area contributed by atoms with Gasteiger partial charge in [0.15, 0.2) is 11.0 Å². The minimum absolute atomic E-state index is 0.00684. The van der Waals surface area contributed by atoms with E-state index < -0.39 is 0 Å². The average molecular weight is 376 g/mol. The van der Waals surface area contributed by atoms with E-state index in [0.29, 0.717) is 33.9 Å². The number of hydrogen-bond acceptors (Lipinski definition) is 8. The lowest BCUT2D eigenvalue weighted by Gasteiger charge is -2.08. The summed E-state index contributed by atoms with van der Waals surface area (Å²) in [6, 6.07) is 5.75. The Morgan fingerprint density at radius 2 is 2.17 bits per heavy atom. The number of rotatable bonds is 5. The molecular formula is C15H12N4O2S3. The third kappa shape index (κ3) is 2.79. The maximum atomic E-state index is 12.5. The van der Waals surface area contributed by atoms with Crippen LogP contribution in [0, 0.1) is 0 Å². The Balaban J connectivity index is 1.60. The third-order valence-corrected chi connectivity index (χ3v) is 6.10. The van der Waals surface area contributed by atoms with Crippen LogP contribution in [0.3, 0.4) is 0 Å². The number of aromatic nitrogens is 4. The van der Waals surface area contributed by atoms with Gasteiger partial charge in [-0.2, -0.15) is 4.98 Å². The van der Waals surface area contributed by atoms with E-state index in [1.54, 1.807) is 15.9 Å². The van der Waals surface area contributed by atoms with Crippen molar-refractivity contribution in [2.75, 3.05) is 0 Å². The van der Waals surface area contributed by atoms with Crippen molar-refractivity contribution in [2.45, 2.75) is 24.4 Å². The molecule has 0 unspecified atom stereocenters.